The monoisotopic (exact) mass is 498 g/mol. The molecular formula is C24H42N4O5S. The van der Waals surface area contributed by atoms with Crippen molar-refractivity contribution in [3.05, 3.63) is 12.2 Å². The Labute approximate surface area is 208 Å². The lowest BCUT2D eigenvalue weighted by Crippen LogP contribution is -2.33. The molecule has 0 heterocycles. The van der Waals surface area contributed by atoms with Crippen molar-refractivity contribution >= 4 is 41.8 Å². The van der Waals surface area contributed by atoms with Crippen LogP contribution in [0.15, 0.2) is 12.2 Å². The molecule has 0 aliphatic rings. The third-order valence-electron chi connectivity index (χ3n) is 4.98. The van der Waals surface area contributed by atoms with E-state index in [1.54, 1.807) is 24.8 Å². The molecule has 0 fully saturated rings. The van der Waals surface area contributed by atoms with E-state index in [4.69, 9.17) is 0 Å². The molecule has 0 rings (SSSR count). The molecule has 10 heteroatoms. The van der Waals surface area contributed by atoms with Crippen molar-refractivity contribution in [1.82, 2.24) is 20.9 Å². The number of hydrogen-bond donors (Lipinski definition) is 3. The molecule has 5 amide bonds. The van der Waals surface area contributed by atoms with Gasteiger partial charge in [-0.3, -0.25) is 28.9 Å². The molecule has 0 saturated heterocycles. The molecule has 0 aromatic heterocycles. The number of carbonyl (C=O) groups excluding carboxylic acids is 5. The van der Waals surface area contributed by atoms with Crippen LogP contribution in [0.3, 0.4) is 0 Å². The summed E-state index contributed by atoms with van der Waals surface area (Å²) in [4.78, 5) is 58.6. The minimum Gasteiger partial charge on any atom is -0.356 e. The summed E-state index contributed by atoms with van der Waals surface area (Å²) in [6, 6.07) is 0. The summed E-state index contributed by atoms with van der Waals surface area (Å²) in [6.07, 6.45) is 12.6. The fourth-order valence-electron chi connectivity index (χ4n) is 3.01. The molecule has 9 nitrogen and oxygen atoms in total. The molecule has 34 heavy (non-hydrogen) atoms. The van der Waals surface area contributed by atoms with Crippen molar-refractivity contribution in [1.29, 1.82) is 0 Å². The van der Waals surface area contributed by atoms with E-state index in [9.17, 15) is 24.0 Å². The van der Waals surface area contributed by atoms with Gasteiger partial charge in [0.15, 0.2) is 0 Å². The quantitative estimate of drug-likeness (QED) is 0.127. The molecular weight excluding hydrogens is 456 g/mol. The van der Waals surface area contributed by atoms with Crippen LogP contribution >= 0.6 is 11.8 Å². The summed E-state index contributed by atoms with van der Waals surface area (Å²) >= 11 is 1.67. The highest BCUT2D eigenvalue weighted by Gasteiger charge is 2.11. The summed E-state index contributed by atoms with van der Waals surface area (Å²) in [5, 5.41) is 8.61. The number of allylic oxidation sites excluding steroid dienone is 1. The third kappa shape index (κ3) is 19.1. The first-order valence-electron chi connectivity index (χ1n) is 12.1. The van der Waals surface area contributed by atoms with Gasteiger partial charge in [-0.05, 0) is 44.9 Å². The van der Waals surface area contributed by atoms with E-state index < -0.39 is 5.91 Å². The largest absolute Gasteiger partial charge is 0.356 e. The number of carbonyl (C=O) groups is 5. The maximum absolute atomic E-state index is 11.9. The van der Waals surface area contributed by atoms with E-state index in [0.717, 1.165) is 55.6 Å². The van der Waals surface area contributed by atoms with Crippen LogP contribution in [0.4, 0.5) is 0 Å². The molecule has 3 N–H and O–H groups in total. The highest BCUT2D eigenvalue weighted by molar-refractivity contribution is 7.98. The average Bonchev–Trinajstić information content (AvgIpc) is 2.82. The van der Waals surface area contributed by atoms with Crippen molar-refractivity contribution in [3.63, 3.8) is 0 Å². The second-order valence-electron chi connectivity index (χ2n) is 7.90. The van der Waals surface area contributed by atoms with Crippen molar-refractivity contribution < 1.29 is 24.0 Å². The van der Waals surface area contributed by atoms with Crippen LogP contribution in [0.2, 0.25) is 0 Å². The summed E-state index contributed by atoms with van der Waals surface area (Å²) in [7, 11) is 0. The second kappa shape index (κ2) is 22.4. The number of amides is 5. The van der Waals surface area contributed by atoms with Crippen molar-refractivity contribution in [2.24, 2.45) is 0 Å². The van der Waals surface area contributed by atoms with Gasteiger partial charge in [-0.15, -0.1) is 0 Å². The van der Waals surface area contributed by atoms with E-state index in [1.165, 1.54) is 6.08 Å². The molecule has 0 aromatic rings. The van der Waals surface area contributed by atoms with Gasteiger partial charge in [-0.2, -0.15) is 11.8 Å². The molecule has 0 aliphatic carbocycles. The first-order valence-corrected chi connectivity index (χ1v) is 13.5. The fourth-order valence-corrected chi connectivity index (χ4v) is 3.40. The summed E-state index contributed by atoms with van der Waals surface area (Å²) in [5.41, 5.74) is 0. The van der Waals surface area contributed by atoms with Gasteiger partial charge in [-0.1, -0.05) is 25.3 Å². The average molecular weight is 499 g/mol. The summed E-state index contributed by atoms with van der Waals surface area (Å²) in [5.74, 6) is 0.363. The standard InChI is InChI=1S/C24H42N4O5S/c1-3-11-24(33)28(20-29)18-13-22(31)26-17-10-6-7-12-21(30)25-15-8-4-5-9-16-27-23(32)14-19-34-2/h3,11,20H,4-10,12-19H2,1-2H3,(H,25,30)(H,26,31)(H,27,32)/b11-3-. The Bertz CT molecular complexity index is 643. The van der Waals surface area contributed by atoms with Crippen LogP contribution in [0, 0.1) is 0 Å². The molecule has 0 bridgehead atoms. The normalized spacial score (nSPS) is 10.6. The van der Waals surface area contributed by atoms with Gasteiger partial charge < -0.3 is 16.0 Å². The Morgan fingerprint density at radius 1 is 0.735 bits per heavy atom. The Morgan fingerprint density at radius 3 is 1.74 bits per heavy atom. The van der Waals surface area contributed by atoms with Gasteiger partial charge in [-0.25, -0.2) is 0 Å². The minimum atomic E-state index is -0.439. The molecule has 0 spiro atoms. The van der Waals surface area contributed by atoms with Crippen LogP contribution in [-0.2, 0) is 24.0 Å². The summed E-state index contributed by atoms with van der Waals surface area (Å²) < 4.78 is 0. The van der Waals surface area contributed by atoms with Crippen molar-refractivity contribution in [3.8, 4) is 0 Å². The maximum atomic E-state index is 11.9. The van der Waals surface area contributed by atoms with Crippen LogP contribution in [0.5, 0.6) is 0 Å². The van der Waals surface area contributed by atoms with Gasteiger partial charge in [0.2, 0.25) is 24.1 Å². The number of thioether (sulfide) groups is 1. The zero-order chi connectivity index (χ0) is 25.4. The highest BCUT2D eigenvalue weighted by Crippen LogP contribution is 2.01. The SMILES string of the molecule is C/C=C\C(=O)N(C=O)CCC(=O)NCCCCCC(=O)NCCCCCCNC(=O)CCSC. The molecule has 0 aliphatic heterocycles. The Kier molecular flexibility index (Phi) is 20.9. The van der Waals surface area contributed by atoms with Crippen LogP contribution in [0.1, 0.15) is 71.1 Å². The van der Waals surface area contributed by atoms with Gasteiger partial charge in [0, 0.05) is 51.2 Å². The van der Waals surface area contributed by atoms with Gasteiger partial charge >= 0.3 is 0 Å². The lowest BCUT2D eigenvalue weighted by atomic mass is 10.1. The molecule has 0 atom stereocenters. The van der Waals surface area contributed by atoms with Crippen molar-refractivity contribution in [2.75, 3.05) is 38.2 Å². The topological polar surface area (TPSA) is 125 Å². The Hall–Kier alpha value is -2.36. The highest BCUT2D eigenvalue weighted by atomic mass is 32.2. The lowest BCUT2D eigenvalue weighted by Gasteiger charge is -2.13. The molecule has 0 aromatic carbocycles. The molecule has 0 saturated carbocycles. The fraction of sp³-hybridized carbons (Fsp3) is 0.708. The number of nitrogens with one attached hydrogen (secondary N) is 3. The smallest absolute Gasteiger partial charge is 0.252 e. The Morgan fingerprint density at radius 2 is 1.24 bits per heavy atom. The molecule has 0 radical (unpaired) electrons. The van der Waals surface area contributed by atoms with E-state index in [0.29, 0.717) is 38.9 Å². The minimum absolute atomic E-state index is 0.0462. The number of unbranched alkanes of at least 4 members (excludes halogenated alkanes) is 5. The zero-order valence-electron chi connectivity index (χ0n) is 20.7. The van der Waals surface area contributed by atoms with Crippen LogP contribution in [-0.4, -0.2) is 73.1 Å². The van der Waals surface area contributed by atoms with Gasteiger partial charge in [0.05, 0.1) is 0 Å². The predicted molar refractivity (Wildman–Crippen MR) is 136 cm³/mol. The molecule has 0 unspecified atom stereocenters. The zero-order valence-corrected chi connectivity index (χ0v) is 21.6. The first kappa shape index (κ1) is 31.6. The maximum Gasteiger partial charge on any atom is 0.252 e. The van der Waals surface area contributed by atoms with Crippen molar-refractivity contribution in [2.45, 2.75) is 71.1 Å². The summed E-state index contributed by atoms with van der Waals surface area (Å²) in [6.45, 7) is 3.62. The molecule has 194 valence electrons. The third-order valence-corrected chi connectivity index (χ3v) is 5.60. The number of rotatable bonds is 21. The number of nitrogens with zero attached hydrogens (tertiary/aromatic N) is 1. The first-order chi connectivity index (χ1) is 16.4. The van der Waals surface area contributed by atoms with E-state index >= 15 is 0 Å². The van der Waals surface area contributed by atoms with Gasteiger partial charge in [0.25, 0.3) is 5.91 Å². The van der Waals surface area contributed by atoms with Crippen LogP contribution in [0.25, 0.3) is 0 Å². The second-order valence-corrected chi connectivity index (χ2v) is 8.89. The predicted octanol–water partition coefficient (Wildman–Crippen LogP) is 2.16. The van der Waals surface area contributed by atoms with Gasteiger partial charge in [0.1, 0.15) is 0 Å². The Balaban J connectivity index is 3.55. The lowest BCUT2D eigenvalue weighted by molar-refractivity contribution is -0.135. The van der Waals surface area contributed by atoms with E-state index in [2.05, 4.69) is 16.0 Å². The number of hydrogen-bond acceptors (Lipinski definition) is 6. The van der Waals surface area contributed by atoms with Crippen LogP contribution < -0.4 is 16.0 Å². The van der Waals surface area contributed by atoms with E-state index in [-0.39, 0.29) is 30.7 Å². The number of imide groups is 1. The van der Waals surface area contributed by atoms with E-state index in [1.807, 2.05) is 6.26 Å².